The number of aryl methyl sites for hydroxylation is 1. The van der Waals surface area contributed by atoms with Gasteiger partial charge in [-0.05, 0) is 65.3 Å². The minimum absolute atomic E-state index is 0.0217. The van der Waals surface area contributed by atoms with Gasteiger partial charge in [0.1, 0.15) is 10.8 Å². The standard InChI is InChI=1S/C21H27Cl2N3O2/c1-12-7-15(8-16-17(22)9-18(23)24-19(12)16)25-10-13(2)26(14(3)11-25)20(27)28-21(4,5)6/h7-9,13-14H,10-11H2,1-6H3/t13-,14+. The third-order valence-corrected chi connectivity index (χ3v) is 5.40. The normalized spacial score (nSPS) is 20.6. The number of ether oxygens (including phenoxy) is 1. The molecule has 1 fully saturated rings. The Morgan fingerprint density at radius 2 is 1.75 bits per heavy atom. The van der Waals surface area contributed by atoms with Gasteiger partial charge in [0.25, 0.3) is 0 Å². The molecule has 0 unspecified atom stereocenters. The predicted octanol–water partition coefficient (Wildman–Crippen LogP) is 5.68. The molecule has 1 aromatic heterocycles. The lowest BCUT2D eigenvalue weighted by Gasteiger charge is -2.45. The number of hydrogen-bond donors (Lipinski definition) is 0. The average molecular weight is 424 g/mol. The first kappa shape index (κ1) is 21.0. The van der Waals surface area contributed by atoms with Crippen molar-refractivity contribution in [2.75, 3.05) is 18.0 Å². The van der Waals surface area contributed by atoms with Crippen LogP contribution in [0.4, 0.5) is 10.5 Å². The van der Waals surface area contributed by atoms with E-state index in [9.17, 15) is 4.79 Å². The van der Waals surface area contributed by atoms with Crippen molar-refractivity contribution in [3.05, 3.63) is 33.9 Å². The molecule has 2 atom stereocenters. The van der Waals surface area contributed by atoms with E-state index in [2.05, 4.69) is 35.9 Å². The molecule has 1 aliphatic rings. The van der Waals surface area contributed by atoms with Crippen molar-refractivity contribution in [2.24, 2.45) is 0 Å². The third kappa shape index (κ3) is 4.31. The van der Waals surface area contributed by atoms with E-state index in [1.807, 2.05) is 32.6 Å². The van der Waals surface area contributed by atoms with Crippen molar-refractivity contribution in [3.63, 3.8) is 0 Å². The van der Waals surface area contributed by atoms with Gasteiger partial charge in [-0.1, -0.05) is 23.2 Å². The minimum atomic E-state index is -0.506. The summed E-state index contributed by atoms with van der Waals surface area (Å²) in [6, 6.07) is 5.86. The van der Waals surface area contributed by atoms with Crippen LogP contribution in [0.15, 0.2) is 18.2 Å². The van der Waals surface area contributed by atoms with E-state index in [-0.39, 0.29) is 18.2 Å². The van der Waals surface area contributed by atoms with Crippen molar-refractivity contribution in [3.8, 4) is 0 Å². The number of carbonyl (C=O) groups excluding carboxylic acids is 1. The summed E-state index contributed by atoms with van der Waals surface area (Å²) >= 11 is 12.5. The van der Waals surface area contributed by atoms with Crippen LogP contribution in [0.25, 0.3) is 10.9 Å². The van der Waals surface area contributed by atoms with Crippen molar-refractivity contribution in [1.29, 1.82) is 0 Å². The first-order valence-electron chi connectivity index (χ1n) is 9.49. The number of piperazine rings is 1. The van der Waals surface area contributed by atoms with Gasteiger partial charge in [-0.25, -0.2) is 9.78 Å². The highest BCUT2D eigenvalue weighted by molar-refractivity contribution is 6.38. The van der Waals surface area contributed by atoms with E-state index >= 15 is 0 Å². The maximum atomic E-state index is 12.6. The molecule has 0 aliphatic carbocycles. The Labute approximate surface area is 176 Å². The number of anilines is 1. The van der Waals surface area contributed by atoms with Gasteiger partial charge < -0.3 is 9.64 Å². The van der Waals surface area contributed by atoms with Crippen molar-refractivity contribution >= 4 is 45.9 Å². The SMILES string of the molecule is Cc1cc(N2C[C@@H](C)N(C(=O)OC(C)(C)C)[C@@H](C)C2)cc2c(Cl)cc(Cl)nc12. The van der Waals surface area contributed by atoms with Crippen LogP contribution in [0.2, 0.25) is 10.2 Å². The van der Waals surface area contributed by atoms with E-state index in [1.165, 1.54) is 0 Å². The number of amides is 1. The molecule has 1 saturated heterocycles. The van der Waals surface area contributed by atoms with Gasteiger partial charge in [0, 0.05) is 24.2 Å². The van der Waals surface area contributed by atoms with Gasteiger partial charge >= 0.3 is 6.09 Å². The third-order valence-electron chi connectivity index (χ3n) is 4.90. The van der Waals surface area contributed by atoms with E-state index in [0.717, 1.165) is 22.2 Å². The van der Waals surface area contributed by atoms with Gasteiger partial charge in [0.15, 0.2) is 0 Å². The fourth-order valence-corrected chi connectivity index (χ4v) is 4.30. The van der Waals surface area contributed by atoms with Crippen LogP contribution in [-0.4, -0.2) is 46.8 Å². The second kappa shape index (κ2) is 7.60. The molecule has 1 aromatic carbocycles. The first-order valence-corrected chi connectivity index (χ1v) is 10.2. The molecule has 0 radical (unpaired) electrons. The molecule has 0 spiro atoms. The molecular formula is C21H27Cl2N3O2. The quantitative estimate of drug-likeness (QED) is 0.553. The molecule has 0 saturated carbocycles. The zero-order valence-corrected chi connectivity index (χ0v) is 18.7. The maximum Gasteiger partial charge on any atom is 0.410 e. The summed E-state index contributed by atoms with van der Waals surface area (Å²) in [5, 5.41) is 1.87. The summed E-state index contributed by atoms with van der Waals surface area (Å²) in [7, 11) is 0. The molecule has 152 valence electrons. The Morgan fingerprint density at radius 3 is 2.32 bits per heavy atom. The Hall–Kier alpha value is -1.72. The highest BCUT2D eigenvalue weighted by Crippen LogP contribution is 2.33. The van der Waals surface area contributed by atoms with Crippen LogP contribution in [0.5, 0.6) is 0 Å². The number of nitrogens with zero attached hydrogens (tertiary/aromatic N) is 3. The number of fused-ring (bicyclic) bond motifs is 1. The number of carbonyl (C=O) groups is 1. The number of halogens is 2. The van der Waals surface area contributed by atoms with Crippen molar-refractivity contribution in [2.45, 2.75) is 59.2 Å². The molecule has 1 amide bonds. The largest absolute Gasteiger partial charge is 0.444 e. The summed E-state index contributed by atoms with van der Waals surface area (Å²) in [5.74, 6) is 0. The van der Waals surface area contributed by atoms with Crippen LogP contribution in [0.1, 0.15) is 40.2 Å². The predicted molar refractivity (Wildman–Crippen MR) is 116 cm³/mol. The maximum absolute atomic E-state index is 12.6. The lowest BCUT2D eigenvalue weighted by molar-refractivity contribution is 0.00566. The topological polar surface area (TPSA) is 45.7 Å². The summed E-state index contributed by atoms with van der Waals surface area (Å²) < 4.78 is 5.59. The Bertz CT molecular complexity index is 899. The molecule has 3 rings (SSSR count). The monoisotopic (exact) mass is 423 g/mol. The van der Waals surface area contributed by atoms with Crippen molar-refractivity contribution < 1.29 is 9.53 Å². The van der Waals surface area contributed by atoms with E-state index in [1.54, 1.807) is 6.07 Å². The molecule has 0 N–H and O–H groups in total. The molecule has 28 heavy (non-hydrogen) atoms. The molecule has 0 bridgehead atoms. The van der Waals surface area contributed by atoms with E-state index < -0.39 is 5.60 Å². The highest BCUT2D eigenvalue weighted by Gasteiger charge is 2.35. The van der Waals surface area contributed by atoms with Gasteiger partial charge in [-0.2, -0.15) is 0 Å². The van der Waals surface area contributed by atoms with Crippen LogP contribution >= 0.6 is 23.2 Å². The lowest BCUT2D eigenvalue weighted by Crippen LogP contribution is -2.59. The molecule has 7 heteroatoms. The molecule has 5 nitrogen and oxygen atoms in total. The number of hydrogen-bond acceptors (Lipinski definition) is 4. The van der Waals surface area contributed by atoms with Crippen LogP contribution in [-0.2, 0) is 4.74 Å². The zero-order chi connectivity index (χ0) is 20.8. The summed E-state index contributed by atoms with van der Waals surface area (Å²) in [6.45, 7) is 13.2. The summed E-state index contributed by atoms with van der Waals surface area (Å²) in [4.78, 5) is 21.2. The van der Waals surface area contributed by atoms with Gasteiger partial charge in [0.2, 0.25) is 0 Å². The smallest absolute Gasteiger partial charge is 0.410 e. The van der Waals surface area contributed by atoms with Crippen LogP contribution in [0.3, 0.4) is 0 Å². The van der Waals surface area contributed by atoms with Gasteiger partial charge in [0.05, 0.1) is 22.6 Å². The Morgan fingerprint density at radius 1 is 1.14 bits per heavy atom. The molecule has 2 heterocycles. The fraction of sp³-hybridized carbons (Fsp3) is 0.524. The second-order valence-electron chi connectivity index (χ2n) is 8.58. The summed E-state index contributed by atoms with van der Waals surface area (Å²) in [5.41, 5.74) is 2.40. The highest BCUT2D eigenvalue weighted by atomic mass is 35.5. The van der Waals surface area contributed by atoms with Crippen LogP contribution < -0.4 is 4.90 Å². The Balaban J connectivity index is 1.88. The molecule has 2 aromatic rings. The minimum Gasteiger partial charge on any atom is -0.444 e. The fourth-order valence-electron chi connectivity index (χ4n) is 3.80. The number of pyridine rings is 1. The Kier molecular flexibility index (Phi) is 5.70. The van der Waals surface area contributed by atoms with Gasteiger partial charge in [-0.15, -0.1) is 0 Å². The number of rotatable bonds is 1. The van der Waals surface area contributed by atoms with E-state index in [0.29, 0.717) is 23.3 Å². The van der Waals surface area contributed by atoms with Crippen molar-refractivity contribution in [1.82, 2.24) is 9.88 Å². The summed E-state index contributed by atoms with van der Waals surface area (Å²) in [6.07, 6.45) is -0.260. The van der Waals surface area contributed by atoms with Gasteiger partial charge in [-0.3, -0.25) is 4.90 Å². The second-order valence-corrected chi connectivity index (χ2v) is 9.37. The zero-order valence-electron chi connectivity index (χ0n) is 17.2. The number of benzene rings is 1. The average Bonchev–Trinajstić information content (AvgIpc) is 2.53. The van der Waals surface area contributed by atoms with Crippen LogP contribution in [0, 0.1) is 6.92 Å². The number of aromatic nitrogens is 1. The lowest BCUT2D eigenvalue weighted by atomic mass is 10.0. The first-order chi connectivity index (χ1) is 13.0. The van der Waals surface area contributed by atoms with E-state index in [4.69, 9.17) is 27.9 Å². The molecule has 1 aliphatic heterocycles. The molecular weight excluding hydrogens is 397 g/mol.